The van der Waals surface area contributed by atoms with Crippen LogP contribution in [0.15, 0.2) is 84.0 Å². The standard InChI is InChI=1S/C28H27N3O4S/c32-26(20-10-4-1-5-11-20)34-24-17-16-22(19-29-31-28(36)30-23-14-8-3-9-15-23)25(18-24)35-27(33)21-12-6-2-7-13-21/h1-2,4-7,10-13,16-19,23H,3,8-9,14-15H2,(H2,30,31,36)/b29-19-. The fraction of sp³-hybridized carbons (Fsp3) is 0.214. The Morgan fingerprint density at radius 1 is 0.833 bits per heavy atom. The number of hydrogen-bond donors (Lipinski definition) is 2. The number of carbonyl (C=O) groups is 2. The van der Waals surface area contributed by atoms with Crippen LogP contribution in [0.4, 0.5) is 0 Å². The first kappa shape index (κ1) is 25.1. The molecule has 184 valence electrons. The SMILES string of the molecule is O=C(Oc1ccc(/C=N\NC(=S)NC2CCCCC2)c(OC(=O)c2ccccc2)c1)c1ccccc1. The summed E-state index contributed by atoms with van der Waals surface area (Å²) in [5.41, 5.74) is 4.13. The van der Waals surface area contributed by atoms with Gasteiger partial charge >= 0.3 is 11.9 Å². The number of thiocarbonyl (C=S) groups is 1. The van der Waals surface area contributed by atoms with Crippen molar-refractivity contribution in [3.8, 4) is 11.5 Å². The van der Waals surface area contributed by atoms with Gasteiger partial charge in [-0.3, -0.25) is 5.43 Å². The van der Waals surface area contributed by atoms with Crippen LogP contribution in [-0.4, -0.2) is 29.3 Å². The lowest BCUT2D eigenvalue weighted by Gasteiger charge is -2.23. The fourth-order valence-electron chi connectivity index (χ4n) is 3.87. The second kappa shape index (κ2) is 12.6. The van der Waals surface area contributed by atoms with Gasteiger partial charge in [0.15, 0.2) is 5.11 Å². The maximum atomic E-state index is 12.7. The molecule has 1 aliphatic rings. The van der Waals surface area contributed by atoms with Crippen LogP contribution in [0.5, 0.6) is 11.5 Å². The molecular formula is C28H27N3O4S. The van der Waals surface area contributed by atoms with Gasteiger partial charge in [0, 0.05) is 17.7 Å². The lowest BCUT2D eigenvalue weighted by Crippen LogP contribution is -2.40. The van der Waals surface area contributed by atoms with Gasteiger partial charge in [0.2, 0.25) is 0 Å². The number of nitrogens with zero attached hydrogens (tertiary/aromatic N) is 1. The second-order valence-corrected chi connectivity index (χ2v) is 8.80. The first-order valence-corrected chi connectivity index (χ1v) is 12.3. The monoisotopic (exact) mass is 501 g/mol. The molecule has 0 spiro atoms. The zero-order valence-electron chi connectivity index (χ0n) is 19.7. The highest BCUT2D eigenvalue weighted by atomic mass is 32.1. The Morgan fingerprint density at radius 3 is 2.08 bits per heavy atom. The van der Waals surface area contributed by atoms with E-state index in [2.05, 4.69) is 15.8 Å². The Morgan fingerprint density at radius 2 is 1.44 bits per heavy atom. The third kappa shape index (κ3) is 7.23. The first-order chi connectivity index (χ1) is 17.6. The van der Waals surface area contributed by atoms with Crippen LogP contribution in [0.1, 0.15) is 58.4 Å². The van der Waals surface area contributed by atoms with Crippen LogP contribution < -0.4 is 20.2 Å². The number of benzene rings is 3. The molecule has 1 aliphatic carbocycles. The summed E-state index contributed by atoms with van der Waals surface area (Å²) < 4.78 is 11.1. The van der Waals surface area contributed by atoms with Crippen molar-refractivity contribution in [2.24, 2.45) is 5.10 Å². The Bertz CT molecular complexity index is 1230. The van der Waals surface area contributed by atoms with Crippen LogP contribution in [0.3, 0.4) is 0 Å². The topological polar surface area (TPSA) is 89.0 Å². The van der Waals surface area contributed by atoms with Crippen molar-refractivity contribution in [3.63, 3.8) is 0 Å². The molecule has 1 fully saturated rings. The van der Waals surface area contributed by atoms with Crippen molar-refractivity contribution in [2.75, 3.05) is 0 Å². The van der Waals surface area contributed by atoms with Gasteiger partial charge in [-0.1, -0.05) is 55.7 Å². The second-order valence-electron chi connectivity index (χ2n) is 8.39. The largest absolute Gasteiger partial charge is 0.423 e. The number of rotatable bonds is 7. The number of carbonyl (C=O) groups excluding carboxylic acids is 2. The molecule has 0 amide bonds. The third-order valence-corrected chi connectivity index (χ3v) is 5.94. The third-order valence-electron chi connectivity index (χ3n) is 5.73. The van der Waals surface area contributed by atoms with E-state index in [9.17, 15) is 9.59 Å². The van der Waals surface area contributed by atoms with E-state index in [1.165, 1.54) is 31.5 Å². The Labute approximate surface area is 215 Å². The van der Waals surface area contributed by atoms with E-state index in [-0.39, 0.29) is 11.5 Å². The highest BCUT2D eigenvalue weighted by Gasteiger charge is 2.16. The lowest BCUT2D eigenvalue weighted by atomic mass is 9.96. The molecule has 0 heterocycles. The van der Waals surface area contributed by atoms with Gasteiger partial charge in [-0.2, -0.15) is 5.10 Å². The van der Waals surface area contributed by atoms with Gasteiger partial charge < -0.3 is 14.8 Å². The summed E-state index contributed by atoms with van der Waals surface area (Å²) >= 11 is 5.35. The molecule has 0 radical (unpaired) electrons. The summed E-state index contributed by atoms with van der Waals surface area (Å²) in [5, 5.41) is 7.93. The number of ether oxygens (including phenoxy) is 2. The van der Waals surface area contributed by atoms with E-state index in [0.717, 1.165) is 12.8 Å². The summed E-state index contributed by atoms with van der Waals surface area (Å²) in [7, 11) is 0. The molecule has 3 aromatic rings. The van der Waals surface area contributed by atoms with Crippen LogP contribution in [-0.2, 0) is 0 Å². The fourth-order valence-corrected chi connectivity index (χ4v) is 4.09. The smallest absolute Gasteiger partial charge is 0.343 e. The molecule has 1 saturated carbocycles. The van der Waals surface area contributed by atoms with Gasteiger partial charge in [0.05, 0.1) is 17.3 Å². The van der Waals surface area contributed by atoms with Crippen molar-refractivity contribution >= 4 is 35.5 Å². The van der Waals surface area contributed by atoms with Gasteiger partial charge in [0.1, 0.15) is 11.5 Å². The Hall–Kier alpha value is -4.04. The quantitative estimate of drug-likeness (QED) is 0.150. The van der Waals surface area contributed by atoms with Gasteiger partial charge in [-0.05, 0) is 61.5 Å². The zero-order chi connectivity index (χ0) is 25.2. The van der Waals surface area contributed by atoms with E-state index in [1.807, 2.05) is 12.1 Å². The highest BCUT2D eigenvalue weighted by molar-refractivity contribution is 7.80. The minimum absolute atomic E-state index is 0.193. The van der Waals surface area contributed by atoms with Gasteiger partial charge in [-0.15, -0.1) is 0 Å². The maximum absolute atomic E-state index is 12.7. The number of esters is 2. The summed E-state index contributed by atoms with van der Waals surface area (Å²) in [4.78, 5) is 25.2. The van der Waals surface area contributed by atoms with Crippen LogP contribution in [0.25, 0.3) is 0 Å². The lowest BCUT2D eigenvalue weighted by molar-refractivity contribution is 0.0732. The Kier molecular flexibility index (Phi) is 8.77. The minimum atomic E-state index is -0.542. The molecule has 8 heteroatoms. The zero-order valence-corrected chi connectivity index (χ0v) is 20.5. The molecular weight excluding hydrogens is 474 g/mol. The van der Waals surface area contributed by atoms with Gasteiger partial charge in [0.25, 0.3) is 0 Å². The van der Waals surface area contributed by atoms with Crippen molar-refractivity contribution in [1.29, 1.82) is 0 Å². The number of nitrogens with one attached hydrogen (secondary N) is 2. The van der Waals surface area contributed by atoms with E-state index in [0.29, 0.717) is 27.8 Å². The van der Waals surface area contributed by atoms with Crippen LogP contribution in [0.2, 0.25) is 0 Å². The first-order valence-electron chi connectivity index (χ1n) is 11.9. The van der Waals surface area contributed by atoms with E-state index in [1.54, 1.807) is 60.7 Å². The molecule has 0 aliphatic heterocycles. The number of hydrazone groups is 1. The molecule has 0 bridgehead atoms. The summed E-state index contributed by atoms with van der Waals surface area (Å²) in [6, 6.07) is 22.4. The van der Waals surface area contributed by atoms with Gasteiger partial charge in [-0.25, -0.2) is 9.59 Å². The minimum Gasteiger partial charge on any atom is -0.423 e. The maximum Gasteiger partial charge on any atom is 0.343 e. The average Bonchev–Trinajstić information content (AvgIpc) is 2.91. The molecule has 7 nitrogen and oxygen atoms in total. The van der Waals surface area contributed by atoms with E-state index >= 15 is 0 Å². The molecule has 3 aromatic carbocycles. The van der Waals surface area contributed by atoms with Crippen LogP contribution >= 0.6 is 12.2 Å². The summed E-state index contributed by atoms with van der Waals surface area (Å²) in [6.07, 6.45) is 7.34. The average molecular weight is 502 g/mol. The molecule has 36 heavy (non-hydrogen) atoms. The molecule has 0 unspecified atom stereocenters. The molecule has 0 atom stereocenters. The van der Waals surface area contributed by atoms with Crippen LogP contribution in [0, 0.1) is 0 Å². The molecule has 2 N–H and O–H groups in total. The predicted octanol–water partition coefficient (Wildman–Crippen LogP) is 5.26. The van der Waals surface area contributed by atoms with Crippen molar-refractivity contribution < 1.29 is 19.1 Å². The predicted molar refractivity (Wildman–Crippen MR) is 143 cm³/mol. The molecule has 4 rings (SSSR count). The van der Waals surface area contributed by atoms with E-state index in [4.69, 9.17) is 21.7 Å². The highest BCUT2D eigenvalue weighted by Crippen LogP contribution is 2.26. The van der Waals surface area contributed by atoms with E-state index < -0.39 is 11.9 Å². The summed E-state index contributed by atoms with van der Waals surface area (Å²) in [5.74, 6) is -0.629. The van der Waals surface area contributed by atoms with Crippen molar-refractivity contribution in [3.05, 3.63) is 95.6 Å². The number of hydrogen-bond acceptors (Lipinski definition) is 6. The summed E-state index contributed by atoms with van der Waals surface area (Å²) in [6.45, 7) is 0. The normalized spacial score (nSPS) is 13.7. The van der Waals surface area contributed by atoms with Crippen molar-refractivity contribution in [2.45, 2.75) is 38.1 Å². The molecule has 0 saturated heterocycles. The Balaban J connectivity index is 1.48. The molecule has 0 aromatic heterocycles. The van der Waals surface area contributed by atoms with Crippen molar-refractivity contribution in [1.82, 2.24) is 10.7 Å².